The molecule has 5 nitrogen and oxygen atoms in total. The van der Waals surface area contributed by atoms with Gasteiger partial charge in [-0.1, -0.05) is 13.8 Å². The highest BCUT2D eigenvalue weighted by Gasteiger charge is 2.45. The predicted octanol–water partition coefficient (Wildman–Crippen LogP) is 2.25. The predicted molar refractivity (Wildman–Crippen MR) is 80.3 cm³/mol. The highest BCUT2D eigenvalue weighted by molar-refractivity contribution is 7.89. The van der Waals surface area contributed by atoms with Gasteiger partial charge in [-0.05, 0) is 49.1 Å². The Kier molecular flexibility index (Phi) is 3.88. The summed E-state index contributed by atoms with van der Waals surface area (Å²) in [4.78, 5) is 0. The second-order valence-corrected chi connectivity index (χ2v) is 8.42. The summed E-state index contributed by atoms with van der Waals surface area (Å²) < 4.78 is 32.7. The van der Waals surface area contributed by atoms with Gasteiger partial charge in [0.05, 0.1) is 6.54 Å². The van der Waals surface area contributed by atoms with E-state index in [9.17, 15) is 8.42 Å². The smallest absolute Gasteiger partial charge is 0.273 e. The minimum Gasteiger partial charge on any atom is -0.447 e. The molecule has 0 aliphatic heterocycles. The van der Waals surface area contributed by atoms with Gasteiger partial charge in [0.2, 0.25) is 5.09 Å². The van der Waals surface area contributed by atoms with Gasteiger partial charge in [-0.2, -0.15) is 0 Å². The van der Waals surface area contributed by atoms with E-state index in [2.05, 4.69) is 23.9 Å². The van der Waals surface area contributed by atoms with E-state index in [0.29, 0.717) is 30.8 Å². The van der Waals surface area contributed by atoms with Crippen LogP contribution in [0.4, 0.5) is 0 Å². The van der Waals surface area contributed by atoms with Crippen molar-refractivity contribution < 1.29 is 12.8 Å². The molecule has 0 amide bonds. The Morgan fingerprint density at radius 3 is 2.62 bits per heavy atom. The molecule has 0 bridgehead atoms. The van der Waals surface area contributed by atoms with Crippen molar-refractivity contribution >= 4 is 10.0 Å². The largest absolute Gasteiger partial charge is 0.447 e. The molecule has 1 aromatic rings. The van der Waals surface area contributed by atoms with Crippen molar-refractivity contribution in [2.75, 3.05) is 6.54 Å². The highest BCUT2D eigenvalue weighted by Crippen LogP contribution is 2.51. The zero-order chi connectivity index (χ0) is 15.1. The molecule has 2 fully saturated rings. The van der Waals surface area contributed by atoms with Crippen molar-refractivity contribution in [2.24, 2.45) is 11.3 Å². The minimum absolute atomic E-state index is 0.0228. The molecule has 1 heterocycles. The van der Waals surface area contributed by atoms with Gasteiger partial charge < -0.3 is 9.73 Å². The van der Waals surface area contributed by atoms with E-state index in [1.807, 2.05) is 0 Å². The van der Waals surface area contributed by atoms with Gasteiger partial charge in [0.1, 0.15) is 5.76 Å². The Hall–Kier alpha value is -0.850. The first-order valence-corrected chi connectivity index (χ1v) is 9.21. The van der Waals surface area contributed by atoms with Crippen LogP contribution in [0.2, 0.25) is 0 Å². The lowest BCUT2D eigenvalue weighted by molar-refractivity contribution is 0.353. The van der Waals surface area contributed by atoms with Crippen LogP contribution in [0.15, 0.2) is 21.6 Å². The molecule has 0 atom stereocenters. The van der Waals surface area contributed by atoms with E-state index < -0.39 is 10.0 Å². The quantitative estimate of drug-likeness (QED) is 0.772. The number of hydrogen-bond donors (Lipinski definition) is 2. The molecule has 21 heavy (non-hydrogen) atoms. The number of sulfonamides is 1. The van der Waals surface area contributed by atoms with E-state index >= 15 is 0 Å². The van der Waals surface area contributed by atoms with E-state index in [1.165, 1.54) is 12.8 Å². The van der Waals surface area contributed by atoms with Crippen molar-refractivity contribution in [3.63, 3.8) is 0 Å². The molecular weight excluding hydrogens is 288 g/mol. The van der Waals surface area contributed by atoms with Gasteiger partial charge in [-0.15, -0.1) is 0 Å². The first-order chi connectivity index (χ1) is 9.91. The summed E-state index contributed by atoms with van der Waals surface area (Å²) in [6.07, 6.45) is 4.60. The van der Waals surface area contributed by atoms with E-state index in [1.54, 1.807) is 12.1 Å². The Bertz CT molecular complexity index is 598. The van der Waals surface area contributed by atoms with Crippen LogP contribution in [-0.4, -0.2) is 21.0 Å². The number of hydrogen-bond acceptors (Lipinski definition) is 4. The van der Waals surface area contributed by atoms with Crippen LogP contribution in [0, 0.1) is 11.3 Å². The van der Waals surface area contributed by atoms with Crippen LogP contribution >= 0.6 is 0 Å². The highest BCUT2D eigenvalue weighted by atomic mass is 32.2. The lowest BCUT2D eigenvalue weighted by Gasteiger charge is -2.19. The summed E-state index contributed by atoms with van der Waals surface area (Å²) in [6.45, 7) is 5.39. The van der Waals surface area contributed by atoms with Crippen LogP contribution in [0.3, 0.4) is 0 Å². The molecule has 0 saturated heterocycles. The first-order valence-electron chi connectivity index (χ1n) is 7.73. The van der Waals surface area contributed by atoms with Gasteiger partial charge in [-0.25, -0.2) is 13.1 Å². The fraction of sp³-hybridized carbons (Fsp3) is 0.733. The summed E-state index contributed by atoms with van der Waals surface area (Å²) >= 11 is 0. The molecule has 3 rings (SSSR count). The Morgan fingerprint density at radius 1 is 1.33 bits per heavy atom. The molecule has 118 valence electrons. The van der Waals surface area contributed by atoms with Gasteiger partial charge in [0.15, 0.2) is 0 Å². The fourth-order valence-corrected chi connectivity index (χ4v) is 3.64. The molecule has 0 spiro atoms. The maximum Gasteiger partial charge on any atom is 0.273 e. The average Bonchev–Trinajstić information content (AvgIpc) is 3.34. The van der Waals surface area contributed by atoms with Crippen LogP contribution in [0.25, 0.3) is 0 Å². The van der Waals surface area contributed by atoms with Gasteiger partial charge in [-0.3, -0.25) is 0 Å². The van der Waals surface area contributed by atoms with Crippen molar-refractivity contribution in [1.29, 1.82) is 0 Å². The second kappa shape index (κ2) is 5.41. The Morgan fingerprint density at radius 2 is 2.05 bits per heavy atom. The van der Waals surface area contributed by atoms with Crippen molar-refractivity contribution in [1.82, 2.24) is 10.0 Å². The Labute approximate surface area is 126 Å². The van der Waals surface area contributed by atoms with Crippen molar-refractivity contribution in [3.8, 4) is 0 Å². The molecule has 2 aliphatic carbocycles. The number of furan rings is 1. The van der Waals surface area contributed by atoms with E-state index in [4.69, 9.17) is 4.42 Å². The zero-order valence-corrected chi connectivity index (χ0v) is 13.5. The van der Waals surface area contributed by atoms with E-state index in [0.717, 1.165) is 12.8 Å². The molecular formula is C15H24N2O3S. The number of nitrogens with one attached hydrogen (secondary N) is 2. The van der Waals surface area contributed by atoms with Gasteiger partial charge in [0.25, 0.3) is 10.0 Å². The first kappa shape index (κ1) is 15.1. The van der Waals surface area contributed by atoms with Gasteiger partial charge in [0, 0.05) is 12.6 Å². The lowest BCUT2D eigenvalue weighted by Crippen LogP contribution is -2.32. The SMILES string of the molecule is CC(C)C1(CNS(=O)(=O)c2ccc(CNC3CC3)o2)CC1. The molecule has 6 heteroatoms. The molecule has 2 saturated carbocycles. The monoisotopic (exact) mass is 312 g/mol. The molecule has 1 aromatic heterocycles. The summed E-state index contributed by atoms with van der Waals surface area (Å²) in [5.41, 5.74) is 0.149. The maximum atomic E-state index is 12.3. The summed E-state index contributed by atoms with van der Waals surface area (Å²) in [7, 11) is -3.53. The van der Waals surface area contributed by atoms with Crippen LogP contribution in [-0.2, 0) is 16.6 Å². The summed E-state index contributed by atoms with van der Waals surface area (Å²) in [5.74, 6) is 1.17. The van der Waals surface area contributed by atoms with Crippen LogP contribution < -0.4 is 10.0 Å². The van der Waals surface area contributed by atoms with Crippen LogP contribution in [0.5, 0.6) is 0 Å². The third-order valence-corrected chi connectivity index (χ3v) is 6.05. The lowest BCUT2D eigenvalue weighted by atomic mass is 9.93. The number of rotatable bonds is 8. The molecule has 0 aromatic carbocycles. The van der Waals surface area contributed by atoms with Crippen molar-refractivity contribution in [3.05, 3.63) is 17.9 Å². The average molecular weight is 312 g/mol. The molecule has 0 unspecified atom stereocenters. The third-order valence-electron chi connectivity index (χ3n) is 4.78. The Balaban J connectivity index is 1.58. The van der Waals surface area contributed by atoms with Gasteiger partial charge >= 0.3 is 0 Å². The fourth-order valence-electron chi connectivity index (χ4n) is 2.56. The minimum atomic E-state index is -3.53. The molecule has 2 aliphatic rings. The maximum absolute atomic E-state index is 12.3. The standard InChI is InChI=1S/C15H24N2O3S/c1-11(2)15(7-8-15)10-17-21(18,19)14-6-5-13(20-14)9-16-12-3-4-12/h5-6,11-12,16-17H,3-4,7-10H2,1-2H3. The van der Waals surface area contributed by atoms with E-state index in [-0.39, 0.29) is 10.5 Å². The van der Waals surface area contributed by atoms with Crippen molar-refractivity contribution in [2.45, 2.75) is 57.2 Å². The summed E-state index contributed by atoms with van der Waals surface area (Å²) in [5, 5.41) is 3.33. The van der Waals surface area contributed by atoms with Crippen LogP contribution in [0.1, 0.15) is 45.3 Å². The summed E-state index contributed by atoms with van der Waals surface area (Å²) in [6, 6.07) is 3.86. The topological polar surface area (TPSA) is 71.3 Å². The molecule has 2 N–H and O–H groups in total. The second-order valence-electron chi connectivity index (χ2n) is 6.72. The molecule has 0 radical (unpaired) electrons. The zero-order valence-electron chi connectivity index (χ0n) is 12.7. The normalized spacial score (nSPS) is 20.9. The third kappa shape index (κ3) is 3.49.